The predicted molar refractivity (Wildman–Crippen MR) is 59.7 cm³/mol. The van der Waals surface area contributed by atoms with Gasteiger partial charge in [0.15, 0.2) is 0 Å². The molecule has 0 fully saturated rings. The standard InChI is InChI=1S/C13H12FNO/c1-10-8-12(2-3-13(10)14)16-9-11-4-6-15-7-5-11/h2-8H,9H2,1H3. The number of rotatable bonds is 3. The van der Waals surface area contributed by atoms with Crippen molar-refractivity contribution in [2.24, 2.45) is 0 Å². The topological polar surface area (TPSA) is 22.1 Å². The van der Waals surface area contributed by atoms with E-state index in [4.69, 9.17) is 4.74 Å². The molecule has 0 bridgehead atoms. The number of halogens is 1. The first kappa shape index (κ1) is 10.6. The molecule has 0 spiro atoms. The highest BCUT2D eigenvalue weighted by Crippen LogP contribution is 2.17. The summed E-state index contributed by atoms with van der Waals surface area (Å²) in [6.45, 7) is 2.18. The molecule has 0 N–H and O–H groups in total. The third-order valence-electron chi connectivity index (χ3n) is 2.28. The number of hydrogen-bond acceptors (Lipinski definition) is 2. The van der Waals surface area contributed by atoms with E-state index in [1.165, 1.54) is 6.07 Å². The molecule has 3 heteroatoms. The zero-order valence-electron chi connectivity index (χ0n) is 8.98. The molecule has 82 valence electrons. The first-order valence-electron chi connectivity index (χ1n) is 5.03. The van der Waals surface area contributed by atoms with Crippen LogP contribution in [0.3, 0.4) is 0 Å². The predicted octanol–water partition coefficient (Wildman–Crippen LogP) is 3.11. The van der Waals surface area contributed by atoms with Gasteiger partial charge in [0.1, 0.15) is 18.2 Å². The van der Waals surface area contributed by atoms with Crippen molar-refractivity contribution in [2.45, 2.75) is 13.5 Å². The molecule has 0 aliphatic heterocycles. The third-order valence-corrected chi connectivity index (χ3v) is 2.28. The van der Waals surface area contributed by atoms with Crippen molar-refractivity contribution in [3.05, 3.63) is 59.7 Å². The number of aryl methyl sites for hydroxylation is 1. The van der Waals surface area contributed by atoms with Gasteiger partial charge in [-0.3, -0.25) is 4.98 Å². The number of pyridine rings is 1. The molecule has 0 unspecified atom stereocenters. The summed E-state index contributed by atoms with van der Waals surface area (Å²) in [5, 5.41) is 0. The Morgan fingerprint density at radius 1 is 1.19 bits per heavy atom. The van der Waals surface area contributed by atoms with Gasteiger partial charge in [0, 0.05) is 12.4 Å². The van der Waals surface area contributed by atoms with Gasteiger partial charge in [0.2, 0.25) is 0 Å². The second-order valence-electron chi connectivity index (χ2n) is 3.56. The molecule has 2 rings (SSSR count). The lowest BCUT2D eigenvalue weighted by Gasteiger charge is -2.07. The van der Waals surface area contributed by atoms with Crippen LogP contribution in [0.2, 0.25) is 0 Å². The van der Waals surface area contributed by atoms with Gasteiger partial charge < -0.3 is 4.74 Å². The van der Waals surface area contributed by atoms with Gasteiger partial charge >= 0.3 is 0 Å². The zero-order chi connectivity index (χ0) is 11.4. The lowest BCUT2D eigenvalue weighted by atomic mass is 10.2. The SMILES string of the molecule is Cc1cc(OCc2ccncc2)ccc1F. The smallest absolute Gasteiger partial charge is 0.126 e. The van der Waals surface area contributed by atoms with E-state index in [9.17, 15) is 4.39 Å². The number of benzene rings is 1. The molecule has 2 aromatic rings. The lowest BCUT2D eigenvalue weighted by Crippen LogP contribution is -1.96. The van der Waals surface area contributed by atoms with Crippen LogP contribution in [0.1, 0.15) is 11.1 Å². The molecule has 1 aromatic heterocycles. The largest absolute Gasteiger partial charge is 0.489 e. The second-order valence-corrected chi connectivity index (χ2v) is 3.56. The highest BCUT2D eigenvalue weighted by Gasteiger charge is 2.00. The Labute approximate surface area is 93.7 Å². The fourth-order valence-corrected chi connectivity index (χ4v) is 1.35. The van der Waals surface area contributed by atoms with Crippen LogP contribution in [0.25, 0.3) is 0 Å². The third kappa shape index (κ3) is 2.57. The minimum Gasteiger partial charge on any atom is -0.489 e. The molecule has 2 nitrogen and oxygen atoms in total. The van der Waals surface area contributed by atoms with Crippen molar-refractivity contribution < 1.29 is 9.13 Å². The molecule has 1 aromatic carbocycles. The summed E-state index contributed by atoms with van der Waals surface area (Å²) < 4.78 is 18.5. The summed E-state index contributed by atoms with van der Waals surface area (Å²) in [7, 11) is 0. The van der Waals surface area contributed by atoms with Crippen LogP contribution in [-0.2, 0) is 6.61 Å². The maximum Gasteiger partial charge on any atom is 0.126 e. The van der Waals surface area contributed by atoms with Crippen molar-refractivity contribution in [3.63, 3.8) is 0 Å². The number of ether oxygens (including phenoxy) is 1. The van der Waals surface area contributed by atoms with E-state index in [1.807, 2.05) is 12.1 Å². The molecular formula is C13H12FNO. The summed E-state index contributed by atoms with van der Waals surface area (Å²) in [6.07, 6.45) is 3.43. The van der Waals surface area contributed by atoms with Crippen molar-refractivity contribution in [3.8, 4) is 5.75 Å². The normalized spacial score (nSPS) is 10.1. The maximum atomic E-state index is 13.0. The van der Waals surface area contributed by atoms with Crippen LogP contribution in [0.15, 0.2) is 42.7 Å². The van der Waals surface area contributed by atoms with Gasteiger partial charge in [-0.05, 0) is 48.4 Å². The Morgan fingerprint density at radius 3 is 2.62 bits per heavy atom. The van der Waals surface area contributed by atoms with Crippen molar-refractivity contribution in [1.82, 2.24) is 4.98 Å². The first-order chi connectivity index (χ1) is 7.75. The van der Waals surface area contributed by atoms with E-state index in [0.29, 0.717) is 17.9 Å². The summed E-state index contributed by atoms with van der Waals surface area (Å²) in [5.74, 6) is 0.465. The van der Waals surface area contributed by atoms with E-state index in [-0.39, 0.29) is 5.82 Å². The minimum absolute atomic E-state index is 0.212. The quantitative estimate of drug-likeness (QED) is 0.788. The average Bonchev–Trinajstić information content (AvgIpc) is 2.32. The highest BCUT2D eigenvalue weighted by atomic mass is 19.1. The average molecular weight is 217 g/mol. The molecule has 0 atom stereocenters. The van der Waals surface area contributed by atoms with Gasteiger partial charge in [-0.1, -0.05) is 0 Å². The van der Waals surface area contributed by atoms with E-state index in [0.717, 1.165) is 5.56 Å². The van der Waals surface area contributed by atoms with Crippen LogP contribution >= 0.6 is 0 Å². The Balaban J connectivity index is 2.03. The Kier molecular flexibility index (Phi) is 3.15. The molecule has 0 saturated carbocycles. The first-order valence-corrected chi connectivity index (χ1v) is 5.03. The van der Waals surface area contributed by atoms with Crippen LogP contribution < -0.4 is 4.74 Å². The van der Waals surface area contributed by atoms with Gasteiger partial charge in [0.05, 0.1) is 0 Å². The van der Waals surface area contributed by atoms with Crippen molar-refractivity contribution >= 4 is 0 Å². The second kappa shape index (κ2) is 4.75. The minimum atomic E-state index is -0.212. The van der Waals surface area contributed by atoms with E-state index < -0.39 is 0 Å². The maximum absolute atomic E-state index is 13.0. The van der Waals surface area contributed by atoms with Gasteiger partial charge in [-0.25, -0.2) is 4.39 Å². The molecule has 1 heterocycles. The molecule has 0 radical (unpaired) electrons. The highest BCUT2D eigenvalue weighted by molar-refractivity contribution is 5.29. The van der Waals surface area contributed by atoms with Gasteiger partial charge in [-0.15, -0.1) is 0 Å². The van der Waals surface area contributed by atoms with Crippen LogP contribution in [0.5, 0.6) is 5.75 Å². The van der Waals surface area contributed by atoms with E-state index >= 15 is 0 Å². The molecular weight excluding hydrogens is 205 g/mol. The summed E-state index contributed by atoms with van der Waals surface area (Å²) in [6, 6.07) is 8.50. The van der Waals surface area contributed by atoms with Gasteiger partial charge in [0.25, 0.3) is 0 Å². The zero-order valence-corrected chi connectivity index (χ0v) is 8.98. The monoisotopic (exact) mass is 217 g/mol. The van der Waals surface area contributed by atoms with Gasteiger partial charge in [-0.2, -0.15) is 0 Å². The Hall–Kier alpha value is -1.90. The molecule has 0 amide bonds. The molecule has 0 aliphatic rings. The summed E-state index contributed by atoms with van der Waals surface area (Å²) in [5.41, 5.74) is 1.63. The van der Waals surface area contributed by atoms with Crippen LogP contribution in [0.4, 0.5) is 4.39 Å². The number of aromatic nitrogens is 1. The molecule has 16 heavy (non-hydrogen) atoms. The van der Waals surface area contributed by atoms with Crippen LogP contribution in [-0.4, -0.2) is 4.98 Å². The Morgan fingerprint density at radius 2 is 1.94 bits per heavy atom. The fourth-order valence-electron chi connectivity index (χ4n) is 1.35. The van der Waals surface area contributed by atoms with Crippen LogP contribution in [0, 0.1) is 12.7 Å². The molecule has 0 saturated heterocycles. The van der Waals surface area contributed by atoms with Crippen molar-refractivity contribution in [1.29, 1.82) is 0 Å². The van der Waals surface area contributed by atoms with E-state index in [2.05, 4.69) is 4.98 Å². The molecule has 0 aliphatic carbocycles. The number of hydrogen-bond donors (Lipinski definition) is 0. The Bertz CT molecular complexity index is 471. The lowest BCUT2D eigenvalue weighted by molar-refractivity contribution is 0.305. The fraction of sp³-hybridized carbons (Fsp3) is 0.154. The van der Waals surface area contributed by atoms with Crippen molar-refractivity contribution in [2.75, 3.05) is 0 Å². The summed E-state index contributed by atoms with van der Waals surface area (Å²) >= 11 is 0. The summed E-state index contributed by atoms with van der Waals surface area (Å²) in [4.78, 5) is 3.92. The van der Waals surface area contributed by atoms with E-state index in [1.54, 1.807) is 31.5 Å². The number of nitrogens with zero attached hydrogens (tertiary/aromatic N) is 1.